The molecule has 0 unspecified atom stereocenters. The van der Waals surface area contributed by atoms with Crippen molar-refractivity contribution < 1.29 is 9.90 Å². The van der Waals surface area contributed by atoms with Crippen molar-refractivity contribution in [2.75, 3.05) is 6.54 Å². The minimum Gasteiger partial charge on any atom is -0.481 e. The maximum Gasteiger partial charge on any atom is 0.308 e. The van der Waals surface area contributed by atoms with Crippen LogP contribution in [0.15, 0.2) is 24.5 Å². The van der Waals surface area contributed by atoms with Crippen LogP contribution in [0.4, 0.5) is 0 Å². The molecule has 2 atom stereocenters. The van der Waals surface area contributed by atoms with E-state index >= 15 is 0 Å². The quantitative estimate of drug-likeness (QED) is 0.763. The topological polar surface area (TPSA) is 62.2 Å². The molecule has 2 N–H and O–H groups in total. The van der Waals surface area contributed by atoms with Crippen molar-refractivity contribution in [3.63, 3.8) is 0 Å². The van der Waals surface area contributed by atoms with E-state index in [0.29, 0.717) is 0 Å². The van der Waals surface area contributed by atoms with Crippen LogP contribution in [-0.2, 0) is 4.79 Å². The van der Waals surface area contributed by atoms with Crippen LogP contribution < -0.4 is 5.32 Å². The summed E-state index contributed by atoms with van der Waals surface area (Å²) in [5.74, 6) is -1.06. The molecule has 0 amide bonds. The molecule has 0 radical (unpaired) electrons. The van der Waals surface area contributed by atoms with Gasteiger partial charge in [-0.25, -0.2) is 0 Å². The highest BCUT2D eigenvalue weighted by Gasteiger charge is 2.31. The van der Waals surface area contributed by atoms with Crippen LogP contribution in [0.2, 0.25) is 0 Å². The molecule has 1 saturated heterocycles. The normalized spacial score (nSPS) is 26.1. The van der Waals surface area contributed by atoms with Gasteiger partial charge in [-0.05, 0) is 31.0 Å². The Morgan fingerprint density at radius 2 is 2.47 bits per heavy atom. The van der Waals surface area contributed by atoms with Crippen LogP contribution >= 0.6 is 0 Å². The largest absolute Gasteiger partial charge is 0.481 e. The molecule has 0 bridgehead atoms. The smallest absolute Gasteiger partial charge is 0.308 e. The molecule has 1 fully saturated rings. The van der Waals surface area contributed by atoms with E-state index in [-0.39, 0.29) is 12.0 Å². The van der Waals surface area contributed by atoms with Crippen LogP contribution in [0.3, 0.4) is 0 Å². The summed E-state index contributed by atoms with van der Waals surface area (Å²) in [6, 6.07) is 3.67. The number of carboxylic acids is 1. The fourth-order valence-electron chi connectivity index (χ4n) is 2.06. The number of carbonyl (C=O) groups is 1. The highest BCUT2D eigenvalue weighted by molar-refractivity contribution is 5.71. The molecule has 0 aliphatic carbocycles. The molecule has 1 aromatic rings. The number of hydrogen-bond donors (Lipinski definition) is 2. The number of aliphatic carboxylic acids is 1. The Morgan fingerprint density at radius 3 is 3.13 bits per heavy atom. The Hall–Kier alpha value is -1.42. The summed E-state index contributed by atoms with van der Waals surface area (Å²) >= 11 is 0. The Balaban J connectivity index is 2.22. The number of piperidine rings is 1. The number of nitrogens with one attached hydrogen (secondary N) is 1. The summed E-state index contributed by atoms with van der Waals surface area (Å²) in [5.41, 5.74) is 0.963. The summed E-state index contributed by atoms with van der Waals surface area (Å²) in [7, 11) is 0. The molecule has 2 heterocycles. The third-order valence-electron chi connectivity index (χ3n) is 2.82. The fourth-order valence-corrected chi connectivity index (χ4v) is 2.06. The van der Waals surface area contributed by atoms with E-state index in [1.165, 1.54) is 0 Å². The summed E-state index contributed by atoms with van der Waals surface area (Å²) in [5, 5.41) is 12.4. The van der Waals surface area contributed by atoms with E-state index in [1.54, 1.807) is 12.4 Å². The molecule has 80 valence electrons. The minimum absolute atomic E-state index is 0.0926. The van der Waals surface area contributed by atoms with Crippen molar-refractivity contribution in [2.24, 2.45) is 5.92 Å². The second-order valence-electron chi connectivity index (χ2n) is 3.81. The number of nitrogens with zero attached hydrogens (tertiary/aromatic N) is 1. The molecule has 0 aromatic carbocycles. The monoisotopic (exact) mass is 206 g/mol. The fraction of sp³-hybridized carbons (Fsp3) is 0.455. The lowest BCUT2D eigenvalue weighted by molar-refractivity contribution is -0.143. The molecule has 1 aliphatic heterocycles. The SMILES string of the molecule is O=C(O)[C@H]1CCCN[C@@H]1c1cccnc1. The first-order valence-corrected chi connectivity index (χ1v) is 5.15. The van der Waals surface area contributed by atoms with Gasteiger partial charge in [0, 0.05) is 18.4 Å². The van der Waals surface area contributed by atoms with E-state index in [2.05, 4.69) is 10.3 Å². The molecular weight excluding hydrogens is 192 g/mol. The highest BCUT2D eigenvalue weighted by Crippen LogP contribution is 2.28. The zero-order valence-electron chi connectivity index (χ0n) is 8.39. The summed E-state index contributed by atoms with van der Waals surface area (Å²) in [6.45, 7) is 0.878. The molecule has 0 spiro atoms. The van der Waals surface area contributed by atoms with E-state index in [1.807, 2.05) is 12.1 Å². The first kappa shape index (κ1) is 10.1. The van der Waals surface area contributed by atoms with Gasteiger partial charge >= 0.3 is 5.97 Å². The average molecular weight is 206 g/mol. The van der Waals surface area contributed by atoms with Gasteiger partial charge in [-0.15, -0.1) is 0 Å². The summed E-state index contributed by atoms with van der Waals surface area (Å²) in [4.78, 5) is 15.1. The van der Waals surface area contributed by atoms with Gasteiger partial charge in [0.25, 0.3) is 0 Å². The number of pyridine rings is 1. The van der Waals surface area contributed by atoms with Crippen LogP contribution in [0.25, 0.3) is 0 Å². The number of rotatable bonds is 2. The van der Waals surface area contributed by atoms with Crippen LogP contribution in [0.1, 0.15) is 24.4 Å². The Bertz CT molecular complexity index is 340. The van der Waals surface area contributed by atoms with Gasteiger partial charge in [0.2, 0.25) is 0 Å². The second kappa shape index (κ2) is 4.40. The summed E-state index contributed by atoms with van der Waals surface area (Å²) in [6.07, 6.45) is 5.09. The molecule has 4 heteroatoms. The third-order valence-corrected chi connectivity index (χ3v) is 2.82. The van der Waals surface area contributed by atoms with Crippen molar-refractivity contribution in [2.45, 2.75) is 18.9 Å². The lowest BCUT2D eigenvalue weighted by atomic mass is 9.87. The number of carboxylic acid groups (broad SMARTS) is 1. The zero-order chi connectivity index (χ0) is 10.7. The Kier molecular flexibility index (Phi) is 2.97. The third kappa shape index (κ3) is 2.15. The first-order chi connectivity index (χ1) is 7.29. The van der Waals surface area contributed by atoms with Crippen molar-refractivity contribution in [3.8, 4) is 0 Å². The van der Waals surface area contributed by atoms with Crippen LogP contribution in [-0.4, -0.2) is 22.6 Å². The predicted molar refractivity (Wildman–Crippen MR) is 55.3 cm³/mol. The molecule has 1 aliphatic rings. The van der Waals surface area contributed by atoms with Crippen LogP contribution in [0.5, 0.6) is 0 Å². The van der Waals surface area contributed by atoms with E-state index < -0.39 is 5.97 Å². The first-order valence-electron chi connectivity index (χ1n) is 5.15. The standard InChI is InChI=1S/C11H14N2O2/c14-11(15)9-4-2-6-13-10(9)8-3-1-5-12-7-8/h1,3,5,7,9-10,13H,2,4,6H2,(H,14,15)/t9-,10+/m0/s1. The Labute approximate surface area is 88.3 Å². The highest BCUT2D eigenvalue weighted by atomic mass is 16.4. The molecule has 0 saturated carbocycles. The van der Waals surface area contributed by atoms with Crippen molar-refractivity contribution in [1.82, 2.24) is 10.3 Å². The lowest BCUT2D eigenvalue weighted by Crippen LogP contribution is -2.38. The minimum atomic E-state index is -0.726. The van der Waals surface area contributed by atoms with Crippen molar-refractivity contribution in [1.29, 1.82) is 0 Å². The second-order valence-corrected chi connectivity index (χ2v) is 3.81. The van der Waals surface area contributed by atoms with Crippen molar-refractivity contribution in [3.05, 3.63) is 30.1 Å². The van der Waals surface area contributed by atoms with Gasteiger partial charge in [-0.2, -0.15) is 0 Å². The van der Waals surface area contributed by atoms with Gasteiger partial charge < -0.3 is 10.4 Å². The lowest BCUT2D eigenvalue weighted by Gasteiger charge is -2.29. The number of hydrogen-bond acceptors (Lipinski definition) is 3. The van der Waals surface area contributed by atoms with Crippen molar-refractivity contribution >= 4 is 5.97 Å². The summed E-state index contributed by atoms with van der Waals surface area (Å²) < 4.78 is 0. The maximum absolute atomic E-state index is 11.1. The van der Waals surface area contributed by atoms with E-state index in [9.17, 15) is 4.79 Å². The molecular formula is C11H14N2O2. The average Bonchev–Trinajstić information content (AvgIpc) is 2.30. The Morgan fingerprint density at radius 1 is 1.60 bits per heavy atom. The molecule has 15 heavy (non-hydrogen) atoms. The van der Waals surface area contributed by atoms with E-state index in [4.69, 9.17) is 5.11 Å². The maximum atomic E-state index is 11.1. The van der Waals surface area contributed by atoms with Gasteiger partial charge in [0.1, 0.15) is 0 Å². The van der Waals surface area contributed by atoms with Gasteiger partial charge in [0.15, 0.2) is 0 Å². The molecule has 2 rings (SSSR count). The van der Waals surface area contributed by atoms with E-state index in [0.717, 1.165) is 24.9 Å². The van der Waals surface area contributed by atoms with Gasteiger partial charge in [-0.3, -0.25) is 9.78 Å². The van der Waals surface area contributed by atoms with Gasteiger partial charge in [-0.1, -0.05) is 6.07 Å². The molecule has 4 nitrogen and oxygen atoms in total. The number of aromatic nitrogens is 1. The van der Waals surface area contributed by atoms with Gasteiger partial charge in [0.05, 0.1) is 5.92 Å². The molecule has 1 aromatic heterocycles. The van der Waals surface area contributed by atoms with Crippen LogP contribution in [0, 0.1) is 5.92 Å². The predicted octanol–water partition coefficient (Wildman–Crippen LogP) is 1.21. The zero-order valence-corrected chi connectivity index (χ0v) is 8.39.